The second kappa shape index (κ2) is 24.4. The largest absolute Gasteiger partial charge is 0.502 e. The van der Waals surface area contributed by atoms with Gasteiger partial charge in [0.2, 0.25) is 11.5 Å². The molecule has 12 rings (SSSR count). The molecule has 6 N–H and O–H groups in total. The second-order valence-corrected chi connectivity index (χ2v) is 19.6. The monoisotopic (exact) mass is 1080 g/mol. The highest BCUT2D eigenvalue weighted by Gasteiger charge is 2.27. The average Bonchev–Trinajstić information content (AvgIpc) is 4.35. The van der Waals surface area contributed by atoms with Gasteiger partial charge in [0, 0.05) is 45.1 Å². The van der Waals surface area contributed by atoms with Crippen molar-refractivity contribution in [3.63, 3.8) is 0 Å². The van der Waals surface area contributed by atoms with Crippen molar-refractivity contribution in [1.82, 2.24) is 10.1 Å². The van der Waals surface area contributed by atoms with E-state index < -0.39 is 12.2 Å². The molecule has 76 heavy (non-hydrogen) atoms. The number of aromatic nitrogens is 2. The summed E-state index contributed by atoms with van der Waals surface area (Å²) in [5.41, 5.74) is 19.2. The van der Waals surface area contributed by atoms with E-state index in [-0.39, 0.29) is 29.6 Å². The Morgan fingerprint density at radius 3 is 1.78 bits per heavy atom. The minimum atomic E-state index is -0.430. The highest BCUT2D eigenvalue weighted by Crippen LogP contribution is 2.40. The fraction of sp³-hybridized carbons (Fsp3) is 0.267. The molecular weight excluding hydrogens is 1030 g/mol. The summed E-state index contributed by atoms with van der Waals surface area (Å²) < 4.78 is 12.2. The van der Waals surface area contributed by atoms with Crippen LogP contribution in [-0.2, 0) is 32.1 Å². The number of fused-ring (bicyclic) bond motifs is 5. The predicted octanol–water partition coefficient (Wildman–Crippen LogP) is 12.6. The Bertz CT molecular complexity index is 3490. The number of hydrogen-bond donors (Lipinski definition) is 5. The topological polar surface area (TPSA) is 215 Å². The van der Waals surface area contributed by atoms with E-state index in [4.69, 9.17) is 39.9 Å². The Hall–Kier alpha value is -8.30. The smallest absolute Gasteiger partial charge is 0.256 e. The maximum atomic E-state index is 11.2. The number of hydrogen-bond acceptors (Lipinski definition) is 11. The number of amidine groups is 1. The maximum absolute atomic E-state index is 11.2. The number of ether oxygens (including phenoxy) is 1. The van der Waals surface area contributed by atoms with Crippen molar-refractivity contribution in [2.24, 2.45) is 10.9 Å². The first-order valence-electron chi connectivity index (χ1n) is 24.9. The summed E-state index contributed by atoms with van der Waals surface area (Å²) in [6.45, 7) is 25.0. The fourth-order valence-electron chi connectivity index (χ4n) is 10.1. The normalized spacial score (nSPS) is 17.0. The Kier molecular flexibility index (Phi) is 17.3. The number of nitrogens with zero attached hydrogens (tertiary/aromatic N) is 6. The van der Waals surface area contributed by atoms with E-state index in [1.165, 1.54) is 5.56 Å². The van der Waals surface area contributed by atoms with Gasteiger partial charge in [0.15, 0.2) is 28.8 Å². The molecule has 1 aromatic heterocycles. The molecule has 0 spiro atoms. The zero-order valence-electron chi connectivity index (χ0n) is 41.8. The number of aliphatic hydroxyl groups excluding tert-OH is 3. The first-order chi connectivity index (χ1) is 36.7. The van der Waals surface area contributed by atoms with E-state index in [0.29, 0.717) is 65.8 Å². The summed E-state index contributed by atoms with van der Waals surface area (Å²) in [6.07, 6.45) is 6.30. The van der Waals surface area contributed by atoms with Gasteiger partial charge in [0.05, 0.1) is 44.1 Å². The number of benzene rings is 6. The van der Waals surface area contributed by atoms with Gasteiger partial charge in [-0.1, -0.05) is 111 Å². The Morgan fingerprint density at radius 1 is 0.645 bits per heavy atom. The van der Waals surface area contributed by atoms with Crippen molar-refractivity contribution >= 4 is 50.4 Å². The van der Waals surface area contributed by atoms with Crippen LogP contribution in [0.5, 0.6) is 5.75 Å². The molecule has 15 nitrogen and oxygen atoms in total. The Balaban J connectivity index is 0.000000133. The predicted molar refractivity (Wildman–Crippen MR) is 291 cm³/mol. The van der Waals surface area contributed by atoms with Gasteiger partial charge in [-0.15, -0.1) is 0 Å². The van der Waals surface area contributed by atoms with Gasteiger partial charge in [-0.3, -0.25) is 9.59 Å². The number of ketones is 2. The van der Waals surface area contributed by atoms with Crippen LogP contribution in [0.15, 0.2) is 123 Å². The lowest BCUT2D eigenvalue weighted by molar-refractivity contribution is 0.0986. The fourth-order valence-corrected chi connectivity index (χ4v) is 10.6. The third kappa shape index (κ3) is 11.8. The van der Waals surface area contributed by atoms with Gasteiger partial charge < -0.3 is 35.5 Å². The molecule has 7 aromatic rings. The first kappa shape index (κ1) is 54.0. The van der Waals surface area contributed by atoms with Gasteiger partial charge >= 0.3 is 0 Å². The molecule has 5 aliphatic rings. The summed E-state index contributed by atoms with van der Waals surface area (Å²) >= 11 is 3.42. The molecule has 0 bridgehead atoms. The molecule has 0 saturated carbocycles. The Morgan fingerprint density at radius 2 is 1.16 bits per heavy atom. The molecule has 5 aliphatic carbocycles. The molecule has 0 amide bonds. The highest BCUT2D eigenvalue weighted by molar-refractivity contribution is 9.10. The molecule has 0 fully saturated rings. The van der Waals surface area contributed by atoms with Crippen molar-refractivity contribution in [2.45, 2.75) is 102 Å². The highest BCUT2D eigenvalue weighted by atomic mass is 79.9. The van der Waals surface area contributed by atoms with Gasteiger partial charge in [-0.25, -0.2) is 14.5 Å². The van der Waals surface area contributed by atoms with E-state index in [9.17, 15) is 24.9 Å². The van der Waals surface area contributed by atoms with E-state index in [0.717, 1.165) is 104 Å². The first-order valence-corrected chi connectivity index (χ1v) is 25.6. The summed E-state index contributed by atoms with van der Waals surface area (Å²) in [6, 6.07) is 33.2. The average molecular weight is 1080 g/mol. The lowest BCUT2D eigenvalue weighted by Crippen LogP contribution is -2.15. The summed E-state index contributed by atoms with van der Waals surface area (Å²) in [5.74, 6) is 1.94. The minimum absolute atomic E-state index is 0.0121. The van der Waals surface area contributed by atoms with Crippen molar-refractivity contribution < 1.29 is 39.4 Å². The lowest BCUT2D eigenvalue weighted by Gasteiger charge is -2.11. The van der Waals surface area contributed by atoms with E-state index >= 15 is 0 Å². The van der Waals surface area contributed by atoms with E-state index in [1.807, 2.05) is 80.6 Å². The number of halogens is 1. The van der Waals surface area contributed by atoms with Crippen molar-refractivity contribution in [3.05, 3.63) is 209 Å². The van der Waals surface area contributed by atoms with Gasteiger partial charge in [-0.05, 0) is 134 Å². The van der Waals surface area contributed by atoms with Crippen LogP contribution in [0.25, 0.3) is 37.4 Å². The quantitative estimate of drug-likeness (QED) is 0.0359. The number of carbonyl (C=O) groups excluding carboxylic acids is 2. The van der Waals surface area contributed by atoms with Crippen LogP contribution < -0.4 is 10.5 Å². The molecule has 0 saturated heterocycles. The standard InChI is InChI=1S/C21H19N3O3.C10H12N2O2.C10H9NO.C10H7NO.C9H7BrO/c1-12(2)26-19-10-7-13(11-17(19)22-3)21-23-20(24-27-21)16-6-4-5-15-14(16)8-9-18(15)25;11-10(12-14)8-3-1-2-7-6(8)4-5-9(7)13;2*1-11-9-4-2-3-8-7(9)5-6-10(8)12;10-8-3-1-2-7-6(8)4-5-9(7)11/h4-7,10-12,18,25H,8-9H2,1-2H3;1-3,9,13-14H,4-5H2,(H2,11,12);2-4,10,12H,5-6H2;2-4H,5-6H2;1-3H,4-5H2/t18-;9-;10-;;/m111../s1. The van der Waals surface area contributed by atoms with Crippen LogP contribution in [0.4, 0.5) is 17.1 Å². The van der Waals surface area contributed by atoms with E-state index in [1.54, 1.807) is 42.5 Å². The maximum Gasteiger partial charge on any atom is 0.256 e. The number of aliphatic hydroxyl groups is 3. The van der Waals surface area contributed by atoms with E-state index in [2.05, 4.69) is 45.8 Å². The molecule has 1 heterocycles. The summed E-state index contributed by atoms with van der Waals surface area (Å²) in [5, 5.41) is 44.9. The minimum Gasteiger partial charge on any atom is -0.502 e. The van der Waals surface area contributed by atoms with Gasteiger partial charge in [0.25, 0.3) is 5.89 Å². The van der Waals surface area contributed by atoms with Gasteiger partial charge in [0.1, 0.15) is 5.75 Å². The molecule has 0 unspecified atom stereocenters. The number of Topliss-reactive ketones (excluding diaryl/α,β-unsaturated/α-hetero) is 2. The molecule has 3 atom stereocenters. The second-order valence-electron chi connectivity index (χ2n) is 18.8. The Labute approximate surface area is 448 Å². The van der Waals surface area contributed by atoms with Gasteiger partial charge in [-0.2, -0.15) is 4.98 Å². The van der Waals surface area contributed by atoms with Crippen molar-refractivity contribution in [3.8, 4) is 28.6 Å². The molecule has 0 aliphatic heterocycles. The SMILES string of the molecule is NC(=NO)c1cccc2c1CC[C@H]2O.O=C1CCc2c(Br)cccc21.[C-]#[N+]c1cc(-c2nc(-c3cccc4c3CC[C@H]4O)no2)ccc1OC(C)C.[C-]#[N+]c1cccc2c1CCC2=O.[C-]#[N+]c1cccc2c1CC[C@H]2O. The zero-order chi connectivity index (χ0) is 54.0. The number of rotatable bonds is 5. The molecule has 16 heteroatoms. The van der Waals surface area contributed by atoms with Crippen LogP contribution in [0.3, 0.4) is 0 Å². The number of carbonyl (C=O) groups is 2. The van der Waals surface area contributed by atoms with Crippen molar-refractivity contribution in [2.75, 3.05) is 0 Å². The van der Waals surface area contributed by atoms with Crippen LogP contribution in [0.2, 0.25) is 0 Å². The number of nitrogens with two attached hydrogens (primary N) is 1. The summed E-state index contributed by atoms with van der Waals surface area (Å²) in [7, 11) is 0. The number of oxime groups is 1. The summed E-state index contributed by atoms with van der Waals surface area (Å²) in [4.78, 5) is 37.3. The molecule has 384 valence electrons. The third-order valence-electron chi connectivity index (χ3n) is 13.7. The molecular formula is C60H54BrN7O8. The zero-order valence-corrected chi connectivity index (χ0v) is 43.4. The molecule has 0 radical (unpaired) electrons. The van der Waals surface area contributed by atoms with Crippen LogP contribution >= 0.6 is 15.9 Å². The van der Waals surface area contributed by atoms with Crippen LogP contribution in [0.1, 0.15) is 135 Å². The third-order valence-corrected chi connectivity index (χ3v) is 14.5. The van der Waals surface area contributed by atoms with Crippen LogP contribution in [-0.4, -0.2) is 54.2 Å². The molecule has 6 aromatic carbocycles. The van der Waals surface area contributed by atoms with Crippen LogP contribution in [0, 0.1) is 19.7 Å². The lowest BCUT2D eigenvalue weighted by atomic mass is 10.0. The van der Waals surface area contributed by atoms with Crippen molar-refractivity contribution in [1.29, 1.82) is 0 Å².